The van der Waals surface area contributed by atoms with Crippen LogP contribution in [0.2, 0.25) is 0 Å². The van der Waals surface area contributed by atoms with Crippen LogP contribution < -0.4 is 20.7 Å². The third kappa shape index (κ3) is 12.6. The highest BCUT2D eigenvalue weighted by Gasteiger charge is 2.28. The van der Waals surface area contributed by atoms with E-state index >= 15 is 0 Å². The third-order valence-corrected chi connectivity index (χ3v) is 5.12. The van der Waals surface area contributed by atoms with Gasteiger partial charge in [-0.1, -0.05) is 38.3 Å². The van der Waals surface area contributed by atoms with Gasteiger partial charge in [-0.3, -0.25) is 9.59 Å². The third-order valence-electron chi connectivity index (χ3n) is 5.12. The number of carboxylic acid groups (broad SMARTS) is 3. The first-order chi connectivity index (χ1) is 17.1. The van der Waals surface area contributed by atoms with Crippen molar-refractivity contribution < 1.29 is 44.0 Å². The van der Waals surface area contributed by atoms with E-state index in [0.29, 0.717) is 37.9 Å². The number of aliphatic carboxylic acids is 3. The zero-order valence-electron chi connectivity index (χ0n) is 20.3. The van der Waals surface area contributed by atoms with Gasteiger partial charge in [-0.25, -0.2) is 14.4 Å². The number of carbonyl (C=O) groups is 5. The van der Waals surface area contributed by atoms with Crippen LogP contribution in [0.4, 0.5) is 4.79 Å². The van der Waals surface area contributed by atoms with Gasteiger partial charge in [-0.2, -0.15) is 0 Å². The van der Waals surface area contributed by atoms with E-state index in [1.807, 2.05) is 6.92 Å². The Balaban J connectivity index is 2.73. The summed E-state index contributed by atoms with van der Waals surface area (Å²) in [6, 6.07) is 4.46. The molecule has 1 rings (SSSR count). The molecule has 0 fully saturated rings. The van der Waals surface area contributed by atoms with Crippen molar-refractivity contribution in [2.75, 3.05) is 13.1 Å². The summed E-state index contributed by atoms with van der Waals surface area (Å²) in [5.41, 5.74) is 0.632. The molecule has 1 unspecified atom stereocenters. The molecular formula is C24H35N3O9. The second kappa shape index (κ2) is 16.7. The lowest BCUT2D eigenvalue weighted by molar-refractivity contribution is -0.159. The number of unbranched alkanes of at least 4 members (excludes halogenated alkanes) is 4. The van der Waals surface area contributed by atoms with E-state index in [2.05, 4.69) is 16.0 Å². The average Bonchev–Trinajstić information content (AvgIpc) is 2.82. The van der Waals surface area contributed by atoms with Crippen LogP contribution in [0.15, 0.2) is 24.3 Å². The molecule has 1 aromatic rings. The number of ether oxygens (including phenoxy) is 1. The molecule has 0 heterocycles. The van der Waals surface area contributed by atoms with Crippen LogP contribution in [0.25, 0.3) is 0 Å². The molecule has 200 valence electrons. The van der Waals surface area contributed by atoms with Crippen LogP contribution in [-0.4, -0.2) is 70.4 Å². The summed E-state index contributed by atoms with van der Waals surface area (Å²) in [6.07, 6.45) is 2.67. The topological polar surface area (TPSA) is 191 Å². The smallest absolute Gasteiger partial charge is 0.356 e. The molecule has 0 saturated carbocycles. The van der Waals surface area contributed by atoms with Gasteiger partial charge in [-0.15, -0.1) is 0 Å². The molecule has 0 saturated heterocycles. The Kier molecular flexibility index (Phi) is 14.0. The first-order valence-electron chi connectivity index (χ1n) is 11.9. The zero-order chi connectivity index (χ0) is 26.9. The Morgan fingerprint density at radius 1 is 0.833 bits per heavy atom. The van der Waals surface area contributed by atoms with Crippen LogP contribution in [0, 0.1) is 0 Å². The van der Waals surface area contributed by atoms with Crippen molar-refractivity contribution in [2.24, 2.45) is 0 Å². The van der Waals surface area contributed by atoms with E-state index in [-0.39, 0.29) is 24.5 Å². The number of benzene rings is 1. The maximum atomic E-state index is 12.7. The summed E-state index contributed by atoms with van der Waals surface area (Å²) in [6.45, 7) is 2.84. The van der Waals surface area contributed by atoms with Crippen molar-refractivity contribution in [1.29, 1.82) is 0 Å². The minimum atomic E-state index is -2.05. The Labute approximate surface area is 209 Å². The van der Waals surface area contributed by atoms with E-state index in [9.17, 15) is 24.0 Å². The van der Waals surface area contributed by atoms with E-state index in [1.165, 1.54) is 12.1 Å². The zero-order valence-corrected chi connectivity index (χ0v) is 20.3. The molecule has 0 bridgehead atoms. The van der Waals surface area contributed by atoms with Crippen molar-refractivity contribution in [1.82, 2.24) is 16.0 Å². The lowest BCUT2D eigenvalue weighted by atomic mass is 10.0. The number of carbonyl (C=O) groups excluding carboxylic acids is 2. The van der Waals surface area contributed by atoms with Gasteiger partial charge in [0, 0.05) is 25.9 Å². The molecule has 3 amide bonds. The number of carboxylic acids is 3. The maximum Gasteiger partial charge on any atom is 0.356 e. The van der Waals surface area contributed by atoms with Crippen molar-refractivity contribution in [3.8, 4) is 5.75 Å². The van der Waals surface area contributed by atoms with E-state index < -0.39 is 36.1 Å². The average molecular weight is 510 g/mol. The van der Waals surface area contributed by atoms with Crippen LogP contribution in [0.5, 0.6) is 5.75 Å². The Morgan fingerprint density at radius 3 is 2.03 bits per heavy atom. The largest absolute Gasteiger partial charge is 0.481 e. The maximum absolute atomic E-state index is 12.7. The predicted molar refractivity (Wildman–Crippen MR) is 129 cm³/mol. The monoisotopic (exact) mass is 509 g/mol. The molecule has 6 N–H and O–H groups in total. The van der Waals surface area contributed by atoms with E-state index in [4.69, 9.17) is 20.1 Å². The lowest BCUT2D eigenvalue weighted by Gasteiger charge is -2.19. The van der Waals surface area contributed by atoms with Gasteiger partial charge in [0.2, 0.25) is 5.91 Å². The number of hydrogen-bond donors (Lipinski definition) is 6. The summed E-state index contributed by atoms with van der Waals surface area (Å²) in [4.78, 5) is 57.6. The van der Waals surface area contributed by atoms with E-state index in [1.54, 1.807) is 12.1 Å². The van der Waals surface area contributed by atoms with Gasteiger partial charge in [0.05, 0.1) is 0 Å². The molecular weight excluding hydrogens is 474 g/mol. The van der Waals surface area contributed by atoms with Gasteiger partial charge >= 0.3 is 23.9 Å². The molecule has 0 aromatic heterocycles. The molecule has 12 nitrogen and oxygen atoms in total. The van der Waals surface area contributed by atoms with Crippen molar-refractivity contribution in [3.05, 3.63) is 29.8 Å². The van der Waals surface area contributed by atoms with Crippen molar-refractivity contribution in [2.45, 2.75) is 70.4 Å². The lowest BCUT2D eigenvalue weighted by Crippen LogP contribution is -2.51. The fraction of sp³-hybridized carbons (Fsp3) is 0.542. The quantitative estimate of drug-likeness (QED) is 0.126. The highest BCUT2D eigenvalue weighted by Crippen LogP contribution is 2.16. The molecule has 12 heteroatoms. The summed E-state index contributed by atoms with van der Waals surface area (Å²) >= 11 is 0. The van der Waals surface area contributed by atoms with E-state index in [0.717, 1.165) is 19.3 Å². The van der Waals surface area contributed by atoms with Crippen molar-refractivity contribution in [3.63, 3.8) is 0 Å². The number of rotatable bonds is 18. The van der Waals surface area contributed by atoms with Gasteiger partial charge in [0.15, 0.2) is 0 Å². The Bertz CT molecular complexity index is 860. The minimum absolute atomic E-state index is 0.0303. The van der Waals surface area contributed by atoms with Crippen LogP contribution in [-0.2, 0) is 25.6 Å². The fourth-order valence-electron chi connectivity index (χ4n) is 3.19. The highest BCUT2D eigenvalue weighted by molar-refractivity contribution is 5.96. The predicted octanol–water partition coefficient (Wildman–Crippen LogP) is 1.76. The van der Waals surface area contributed by atoms with Crippen LogP contribution in [0.1, 0.15) is 57.4 Å². The molecule has 36 heavy (non-hydrogen) atoms. The van der Waals surface area contributed by atoms with Gasteiger partial charge < -0.3 is 36.0 Å². The molecule has 1 aromatic carbocycles. The minimum Gasteiger partial charge on any atom is -0.481 e. The molecule has 0 aliphatic heterocycles. The number of urea groups is 1. The summed E-state index contributed by atoms with van der Waals surface area (Å²) < 4.78 is 4.98. The van der Waals surface area contributed by atoms with Gasteiger partial charge in [0.1, 0.15) is 11.8 Å². The second-order valence-electron chi connectivity index (χ2n) is 8.18. The number of amides is 3. The normalized spacial score (nSPS) is 11.4. The molecule has 1 atom stereocenters. The van der Waals surface area contributed by atoms with Crippen molar-refractivity contribution >= 4 is 29.8 Å². The SMILES string of the molecule is CCCCCNC(=O)C(Cc1ccc(OC(C(=O)O)C(=O)O)cc1)NC(=O)NCCCCCC(=O)O. The number of nitrogens with one attached hydrogen (secondary N) is 3. The highest BCUT2D eigenvalue weighted by atomic mass is 16.5. The Morgan fingerprint density at radius 2 is 1.44 bits per heavy atom. The van der Waals surface area contributed by atoms with Gasteiger partial charge in [0.25, 0.3) is 6.10 Å². The standard InChI is InChI=1S/C24H35N3O9/c1-2-3-6-13-25-21(30)18(27-24(35)26-14-7-4-5-8-19(28)29)15-16-9-11-17(12-10-16)36-20(22(31)32)23(33)34/h9-12,18,20H,2-8,13-15H2,1H3,(H,25,30)(H,28,29)(H,31,32)(H,33,34)(H2,26,27,35). The summed E-state index contributed by atoms with van der Waals surface area (Å²) in [5.74, 6) is -4.47. The summed E-state index contributed by atoms with van der Waals surface area (Å²) in [7, 11) is 0. The first-order valence-corrected chi connectivity index (χ1v) is 11.9. The number of hydrogen-bond acceptors (Lipinski definition) is 6. The summed E-state index contributed by atoms with van der Waals surface area (Å²) in [5, 5.41) is 34.6. The van der Waals surface area contributed by atoms with Crippen LogP contribution >= 0.6 is 0 Å². The first kappa shape index (κ1) is 30.2. The Hall–Kier alpha value is -3.83. The molecule has 0 radical (unpaired) electrons. The van der Waals surface area contributed by atoms with Crippen LogP contribution in [0.3, 0.4) is 0 Å². The second-order valence-corrected chi connectivity index (χ2v) is 8.18. The fourth-order valence-corrected chi connectivity index (χ4v) is 3.19. The molecule has 0 aliphatic carbocycles. The molecule has 0 spiro atoms. The van der Waals surface area contributed by atoms with Gasteiger partial charge in [-0.05, 0) is 37.0 Å². The molecule has 0 aliphatic rings.